The Balaban J connectivity index is 1.92. The Kier molecular flexibility index (Phi) is 10.4. The maximum atomic E-state index is 13.7. The quantitative estimate of drug-likeness (QED) is 0.292. The molecule has 0 aliphatic heterocycles. The van der Waals surface area contributed by atoms with Crippen LogP contribution < -0.4 is 10.1 Å². The van der Waals surface area contributed by atoms with E-state index in [9.17, 15) is 9.59 Å². The van der Waals surface area contributed by atoms with Crippen molar-refractivity contribution in [2.75, 3.05) is 6.61 Å². The van der Waals surface area contributed by atoms with Gasteiger partial charge < -0.3 is 15.0 Å². The van der Waals surface area contributed by atoms with Crippen LogP contribution >= 0.6 is 27.5 Å². The van der Waals surface area contributed by atoms with Gasteiger partial charge in [-0.2, -0.15) is 0 Å². The van der Waals surface area contributed by atoms with Gasteiger partial charge in [-0.3, -0.25) is 9.59 Å². The van der Waals surface area contributed by atoms with Gasteiger partial charge in [0.2, 0.25) is 5.91 Å². The fourth-order valence-electron chi connectivity index (χ4n) is 3.82. The maximum absolute atomic E-state index is 13.7. The molecule has 1 N–H and O–H groups in total. The molecule has 3 aromatic carbocycles. The number of ether oxygens (including phenoxy) is 1. The Labute approximate surface area is 226 Å². The van der Waals surface area contributed by atoms with E-state index < -0.39 is 6.04 Å². The highest BCUT2D eigenvalue weighted by atomic mass is 79.9. The van der Waals surface area contributed by atoms with E-state index in [0.717, 1.165) is 23.1 Å². The Morgan fingerprint density at radius 2 is 1.75 bits per heavy atom. The molecule has 0 heterocycles. The van der Waals surface area contributed by atoms with Gasteiger partial charge in [0, 0.05) is 24.0 Å². The molecule has 5 nitrogen and oxygen atoms in total. The number of carbonyl (C=O) groups excluding carboxylic acids is 2. The van der Waals surface area contributed by atoms with Crippen LogP contribution in [0.2, 0.25) is 5.02 Å². The topological polar surface area (TPSA) is 58.6 Å². The van der Waals surface area contributed by atoms with Crippen LogP contribution in [-0.2, 0) is 22.6 Å². The van der Waals surface area contributed by atoms with Crippen LogP contribution in [0.1, 0.15) is 37.0 Å². The summed E-state index contributed by atoms with van der Waals surface area (Å²) in [5.74, 6) is 0.0485. The number of halogens is 2. The second-order valence-electron chi connectivity index (χ2n) is 8.90. The maximum Gasteiger partial charge on any atom is 0.261 e. The van der Waals surface area contributed by atoms with Crippen LogP contribution in [0.3, 0.4) is 0 Å². The number of hydrogen-bond acceptors (Lipinski definition) is 3. The van der Waals surface area contributed by atoms with Crippen molar-refractivity contribution in [3.8, 4) is 5.75 Å². The summed E-state index contributed by atoms with van der Waals surface area (Å²) in [6.45, 7) is 6.06. The molecule has 0 bridgehead atoms. The van der Waals surface area contributed by atoms with E-state index in [4.69, 9.17) is 16.3 Å². The van der Waals surface area contributed by atoms with Crippen molar-refractivity contribution in [2.24, 2.45) is 0 Å². The molecule has 3 rings (SSSR count). The fourth-order valence-corrected chi connectivity index (χ4v) is 4.61. The summed E-state index contributed by atoms with van der Waals surface area (Å²) in [5, 5.41) is 3.64. The average molecular weight is 572 g/mol. The SMILES string of the molecule is CCC(C)NC(=O)C(Cc1ccccc1)N(Cc1cccc(C)c1)C(=O)COc1ccc(Cl)cc1Br. The van der Waals surface area contributed by atoms with Crippen molar-refractivity contribution >= 4 is 39.3 Å². The minimum absolute atomic E-state index is 0.00651. The molecule has 2 atom stereocenters. The Morgan fingerprint density at radius 3 is 2.42 bits per heavy atom. The molecule has 0 spiro atoms. The van der Waals surface area contributed by atoms with E-state index in [1.165, 1.54) is 0 Å². The van der Waals surface area contributed by atoms with Crippen molar-refractivity contribution in [3.05, 3.63) is 99.0 Å². The largest absolute Gasteiger partial charge is 0.483 e. The number of carbonyl (C=O) groups is 2. The zero-order chi connectivity index (χ0) is 26.1. The first-order chi connectivity index (χ1) is 17.3. The van der Waals surface area contributed by atoms with Crippen molar-refractivity contribution in [1.29, 1.82) is 0 Å². The molecular weight excluding hydrogens is 540 g/mol. The highest BCUT2D eigenvalue weighted by molar-refractivity contribution is 9.10. The van der Waals surface area contributed by atoms with Crippen LogP contribution in [0, 0.1) is 6.92 Å². The van der Waals surface area contributed by atoms with Crippen molar-refractivity contribution in [2.45, 2.75) is 52.2 Å². The van der Waals surface area contributed by atoms with Crippen LogP contribution in [0.15, 0.2) is 77.3 Å². The molecule has 190 valence electrons. The summed E-state index contributed by atoms with van der Waals surface area (Å²) in [6, 6.07) is 22.1. The average Bonchev–Trinajstić information content (AvgIpc) is 2.86. The summed E-state index contributed by atoms with van der Waals surface area (Å²) in [6.07, 6.45) is 1.19. The van der Waals surface area contributed by atoms with E-state index >= 15 is 0 Å². The second kappa shape index (κ2) is 13.5. The van der Waals surface area contributed by atoms with Crippen LogP contribution in [0.25, 0.3) is 0 Å². The molecule has 0 saturated heterocycles. The summed E-state index contributed by atoms with van der Waals surface area (Å²) < 4.78 is 6.51. The monoisotopic (exact) mass is 570 g/mol. The minimum atomic E-state index is -0.702. The molecule has 0 aliphatic rings. The first kappa shape index (κ1) is 27.8. The van der Waals surface area contributed by atoms with E-state index in [-0.39, 0.29) is 31.0 Å². The Bertz CT molecular complexity index is 1170. The number of nitrogens with zero attached hydrogens (tertiary/aromatic N) is 1. The molecule has 2 unspecified atom stereocenters. The first-order valence-electron chi connectivity index (χ1n) is 12.0. The summed E-state index contributed by atoms with van der Waals surface area (Å²) in [5.41, 5.74) is 3.01. The van der Waals surface area contributed by atoms with Crippen LogP contribution in [0.5, 0.6) is 5.75 Å². The van der Waals surface area contributed by atoms with E-state index in [0.29, 0.717) is 21.7 Å². The van der Waals surface area contributed by atoms with Crippen molar-refractivity contribution in [3.63, 3.8) is 0 Å². The Morgan fingerprint density at radius 1 is 1.03 bits per heavy atom. The molecule has 0 fully saturated rings. The van der Waals surface area contributed by atoms with Crippen molar-refractivity contribution < 1.29 is 14.3 Å². The summed E-state index contributed by atoms with van der Waals surface area (Å²) in [7, 11) is 0. The lowest BCUT2D eigenvalue weighted by molar-refractivity contribution is -0.143. The second-order valence-corrected chi connectivity index (χ2v) is 10.2. The van der Waals surface area contributed by atoms with Gasteiger partial charge in [0.1, 0.15) is 11.8 Å². The molecule has 0 radical (unpaired) electrons. The smallest absolute Gasteiger partial charge is 0.261 e. The van der Waals surface area contributed by atoms with E-state index in [1.807, 2.05) is 75.4 Å². The zero-order valence-corrected chi connectivity index (χ0v) is 23.2. The number of rotatable bonds is 11. The summed E-state index contributed by atoms with van der Waals surface area (Å²) >= 11 is 9.46. The van der Waals surface area contributed by atoms with Gasteiger partial charge in [0.05, 0.1) is 4.47 Å². The number of amides is 2. The van der Waals surface area contributed by atoms with Gasteiger partial charge in [-0.1, -0.05) is 78.7 Å². The highest BCUT2D eigenvalue weighted by Gasteiger charge is 2.31. The number of hydrogen-bond donors (Lipinski definition) is 1. The summed E-state index contributed by atoms with van der Waals surface area (Å²) in [4.78, 5) is 28.8. The first-order valence-corrected chi connectivity index (χ1v) is 13.2. The van der Waals surface area contributed by atoms with Gasteiger partial charge in [0.15, 0.2) is 6.61 Å². The zero-order valence-electron chi connectivity index (χ0n) is 20.8. The van der Waals surface area contributed by atoms with Gasteiger partial charge in [0.25, 0.3) is 5.91 Å². The third-order valence-electron chi connectivity index (χ3n) is 5.95. The normalized spacial score (nSPS) is 12.5. The molecule has 0 aromatic heterocycles. The van der Waals surface area contributed by atoms with Crippen LogP contribution in [-0.4, -0.2) is 35.4 Å². The third-order valence-corrected chi connectivity index (χ3v) is 6.81. The molecular formula is C29H32BrClN2O3. The van der Waals surface area contributed by atoms with E-state index in [1.54, 1.807) is 23.1 Å². The fraction of sp³-hybridized carbons (Fsp3) is 0.310. The lowest BCUT2D eigenvalue weighted by atomic mass is 10.0. The predicted octanol–water partition coefficient (Wildman–Crippen LogP) is 6.34. The van der Waals surface area contributed by atoms with Gasteiger partial charge in [-0.05, 0) is 65.5 Å². The standard InChI is InChI=1S/C29H32BrClN2O3/c1-4-21(3)32-29(35)26(16-22-10-6-5-7-11-22)33(18-23-12-8-9-20(2)15-23)28(34)19-36-27-14-13-24(31)17-25(27)30/h5-15,17,21,26H,4,16,18-19H2,1-3H3,(H,32,35). The number of aryl methyl sites for hydroxylation is 1. The van der Waals surface area contributed by atoms with Crippen molar-refractivity contribution in [1.82, 2.24) is 10.2 Å². The molecule has 36 heavy (non-hydrogen) atoms. The predicted molar refractivity (Wildman–Crippen MR) is 148 cm³/mol. The van der Waals surface area contributed by atoms with Crippen LogP contribution in [0.4, 0.5) is 0 Å². The highest BCUT2D eigenvalue weighted by Crippen LogP contribution is 2.28. The third kappa shape index (κ3) is 8.10. The Hall–Kier alpha value is -2.83. The van der Waals surface area contributed by atoms with Gasteiger partial charge in [-0.25, -0.2) is 0 Å². The lowest BCUT2D eigenvalue weighted by Gasteiger charge is -2.32. The molecule has 0 saturated carbocycles. The molecule has 0 aliphatic carbocycles. The molecule has 3 aromatic rings. The molecule has 2 amide bonds. The number of nitrogens with one attached hydrogen (secondary N) is 1. The van der Waals surface area contributed by atoms with Gasteiger partial charge in [-0.15, -0.1) is 0 Å². The number of benzene rings is 3. The lowest BCUT2D eigenvalue weighted by Crippen LogP contribution is -2.53. The van der Waals surface area contributed by atoms with E-state index in [2.05, 4.69) is 21.2 Å². The van der Waals surface area contributed by atoms with Gasteiger partial charge >= 0.3 is 0 Å². The molecule has 7 heteroatoms. The minimum Gasteiger partial charge on any atom is -0.483 e.